The first-order valence-corrected chi connectivity index (χ1v) is 10.8. The maximum absolute atomic E-state index is 13.2. The molecular weight excluding hydrogens is 421 g/mol. The smallest absolute Gasteiger partial charge is 0.410 e. The summed E-state index contributed by atoms with van der Waals surface area (Å²) in [4.78, 5) is 27.6. The normalized spacial score (nSPS) is 17.4. The molecule has 0 fully saturated rings. The number of fused-ring (bicyclic) bond motifs is 3. The molecule has 2 N–H and O–H groups in total. The molecule has 160 valence electrons. The first-order valence-electron chi connectivity index (χ1n) is 10.0. The fourth-order valence-corrected chi connectivity index (χ4v) is 5.19. The maximum Gasteiger partial charge on any atom is 0.410 e. The zero-order valence-corrected chi connectivity index (χ0v) is 17.6. The van der Waals surface area contributed by atoms with Crippen LogP contribution in [0.2, 0.25) is 0 Å². The minimum atomic E-state index is -0.518. The fraction of sp³-hybridized carbons (Fsp3) is 0.273. The summed E-state index contributed by atoms with van der Waals surface area (Å²) in [7, 11) is 0. The molecule has 2 amide bonds. The summed E-state index contributed by atoms with van der Waals surface area (Å²) in [5.41, 5.74) is 2.38. The predicted molar refractivity (Wildman–Crippen MR) is 113 cm³/mol. The van der Waals surface area contributed by atoms with Crippen molar-refractivity contribution in [1.29, 1.82) is 0 Å². The first-order chi connectivity index (χ1) is 15.0. The minimum absolute atomic E-state index is 0.166. The van der Waals surface area contributed by atoms with E-state index in [1.54, 1.807) is 36.1 Å². The van der Waals surface area contributed by atoms with Gasteiger partial charge in [-0.2, -0.15) is 0 Å². The molecule has 9 heteroatoms. The van der Waals surface area contributed by atoms with Gasteiger partial charge >= 0.3 is 6.09 Å². The van der Waals surface area contributed by atoms with Crippen LogP contribution in [-0.2, 0) is 17.7 Å². The highest BCUT2D eigenvalue weighted by atomic mass is 32.1. The maximum atomic E-state index is 13.2. The van der Waals surface area contributed by atoms with E-state index >= 15 is 0 Å². The number of amides is 2. The van der Waals surface area contributed by atoms with Gasteiger partial charge in [-0.25, -0.2) is 9.18 Å². The summed E-state index contributed by atoms with van der Waals surface area (Å²) >= 11 is 1.48. The Morgan fingerprint density at radius 2 is 2.06 bits per heavy atom. The number of carbonyl (C=O) groups is 2. The molecule has 1 atom stereocenters. The molecule has 1 aromatic carbocycles. The number of furan rings is 1. The summed E-state index contributed by atoms with van der Waals surface area (Å²) in [6.07, 6.45) is -0.246. The molecule has 0 radical (unpaired) electrons. The Balaban J connectivity index is 1.38. The van der Waals surface area contributed by atoms with Crippen LogP contribution in [0.5, 0.6) is 0 Å². The van der Waals surface area contributed by atoms with Gasteiger partial charge < -0.3 is 24.7 Å². The average molecular weight is 441 g/mol. The van der Waals surface area contributed by atoms with E-state index in [1.807, 2.05) is 0 Å². The van der Waals surface area contributed by atoms with Crippen LogP contribution in [0.15, 0.2) is 40.8 Å². The van der Waals surface area contributed by atoms with Crippen molar-refractivity contribution in [3.8, 4) is 11.3 Å². The van der Waals surface area contributed by atoms with Crippen LogP contribution in [0.25, 0.3) is 11.3 Å². The Labute approximate surface area is 181 Å². The standard InChI is InChI=1S/C22H20FN3O4S/c1-2-29-22(28)26-10-9-14-17(11-26)31-21-18(14)20(27)24-19(25-21)16-8-7-15(30-16)12-3-5-13(23)6-4-12/h3-8,19,25H,2,9-11H2,1H3,(H,24,27)/t19-/m0/s1. The van der Waals surface area contributed by atoms with E-state index in [4.69, 9.17) is 9.15 Å². The van der Waals surface area contributed by atoms with Crippen molar-refractivity contribution in [3.05, 3.63) is 64.0 Å². The molecular formula is C22H20FN3O4S. The third-order valence-corrected chi connectivity index (χ3v) is 6.55. The van der Waals surface area contributed by atoms with Crippen LogP contribution in [-0.4, -0.2) is 30.1 Å². The zero-order valence-electron chi connectivity index (χ0n) is 16.7. The number of thiophene rings is 1. The molecule has 2 aliphatic rings. The number of hydrogen-bond donors (Lipinski definition) is 2. The first kappa shape index (κ1) is 19.6. The van der Waals surface area contributed by atoms with E-state index in [9.17, 15) is 14.0 Å². The number of hydrogen-bond acceptors (Lipinski definition) is 6. The van der Waals surface area contributed by atoms with Crippen LogP contribution in [0, 0.1) is 5.82 Å². The van der Waals surface area contributed by atoms with Crippen LogP contribution in [0.3, 0.4) is 0 Å². The highest BCUT2D eigenvalue weighted by molar-refractivity contribution is 7.16. The summed E-state index contributed by atoms with van der Waals surface area (Å²) in [6.45, 7) is 3.06. The van der Waals surface area contributed by atoms with Gasteiger partial charge in [-0.3, -0.25) is 4.79 Å². The third-order valence-electron chi connectivity index (χ3n) is 5.40. The largest absolute Gasteiger partial charge is 0.457 e. The molecule has 0 saturated carbocycles. The summed E-state index contributed by atoms with van der Waals surface area (Å²) in [5.74, 6) is 0.665. The van der Waals surface area contributed by atoms with E-state index < -0.39 is 6.17 Å². The molecule has 7 nitrogen and oxygen atoms in total. The van der Waals surface area contributed by atoms with E-state index in [-0.39, 0.29) is 17.8 Å². The van der Waals surface area contributed by atoms with Crippen molar-refractivity contribution >= 4 is 28.3 Å². The number of benzene rings is 1. The van der Waals surface area contributed by atoms with Crippen LogP contribution < -0.4 is 10.6 Å². The van der Waals surface area contributed by atoms with Crippen molar-refractivity contribution in [1.82, 2.24) is 10.2 Å². The van der Waals surface area contributed by atoms with Gasteiger partial charge in [-0.05, 0) is 55.3 Å². The SMILES string of the molecule is CCOC(=O)N1CCc2c(sc3c2C(=O)N[C@H](c2ccc(-c4ccc(F)cc4)o2)N3)C1. The minimum Gasteiger partial charge on any atom is -0.457 e. The van der Waals surface area contributed by atoms with Crippen LogP contribution in [0.1, 0.15) is 39.6 Å². The van der Waals surface area contributed by atoms with Crippen molar-refractivity contribution in [2.24, 2.45) is 0 Å². The number of anilines is 1. The molecule has 0 aliphatic carbocycles. The quantitative estimate of drug-likeness (QED) is 0.625. The number of nitrogens with one attached hydrogen (secondary N) is 2. The fourth-order valence-electron chi connectivity index (χ4n) is 3.91. The second kappa shape index (κ2) is 7.73. The second-order valence-corrected chi connectivity index (χ2v) is 8.44. The lowest BCUT2D eigenvalue weighted by Gasteiger charge is -2.27. The Morgan fingerprint density at radius 3 is 2.84 bits per heavy atom. The van der Waals surface area contributed by atoms with Gasteiger partial charge in [0.1, 0.15) is 22.3 Å². The van der Waals surface area contributed by atoms with Gasteiger partial charge in [-0.15, -0.1) is 11.3 Å². The van der Waals surface area contributed by atoms with Gasteiger partial charge in [0.2, 0.25) is 0 Å². The summed E-state index contributed by atoms with van der Waals surface area (Å²) in [6, 6.07) is 9.62. The van der Waals surface area contributed by atoms with E-state index in [0.717, 1.165) is 21.0 Å². The number of carbonyl (C=O) groups excluding carboxylic acids is 2. The van der Waals surface area contributed by atoms with Gasteiger partial charge in [0.25, 0.3) is 5.91 Å². The lowest BCUT2D eigenvalue weighted by Crippen LogP contribution is -2.39. The molecule has 0 spiro atoms. The van der Waals surface area contributed by atoms with E-state index in [2.05, 4.69) is 10.6 Å². The van der Waals surface area contributed by atoms with Gasteiger partial charge in [0.05, 0.1) is 18.7 Å². The number of ether oxygens (including phenoxy) is 1. The molecule has 4 heterocycles. The van der Waals surface area contributed by atoms with Gasteiger partial charge in [-0.1, -0.05) is 0 Å². The molecule has 3 aromatic rings. The lowest BCUT2D eigenvalue weighted by atomic mass is 10.0. The molecule has 2 aliphatic heterocycles. The highest BCUT2D eigenvalue weighted by Crippen LogP contribution is 2.41. The second-order valence-electron chi connectivity index (χ2n) is 7.34. The van der Waals surface area contributed by atoms with Gasteiger partial charge in [0, 0.05) is 17.0 Å². The molecule has 5 rings (SSSR count). The monoisotopic (exact) mass is 441 g/mol. The molecule has 2 aromatic heterocycles. The Morgan fingerprint density at radius 1 is 1.26 bits per heavy atom. The number of nitrogens with zero attached hydrogens (tertiary/aromatic N) is 1. The molecule has 0 bridgehead atoms. The van der Waals surface area contributed by atoms with Crippen molar-refractivity contribution < 1.29 is 23.1 Å². The zero-order chi connectivity index (χ0) is 21.5. The van der Waals surface area contributed by atoms with Crippen molar-refractivity contribution in [2.45, 2.75) is 26.1 Å². The van der Waals surface area contributed by atoms with Gasteiger partial charge in [0.15, 0.2) is 6.17 Å². The molecule has 31 heavy (non-hydrogen) atoms. The van der Waals surface area contributed by atoms with Crippen LogP contribution in [0.4, 0.5) is 14.2 Å². The average Bonchev–Trinajstić information content (AvgIpc) is 3.39. The Bertz CT molecular complexity index is 1150. The Hall–Kier alpha value is -3.33. The third kappa shape index (κ3) is 3.54. The predicted octanol–water partition coefficient (Wildman–Crippen LogP) is 4.52. The topological polar surface area (TPSA) is 83.8 Å². The molecule has 0 unspecified atom stereocenters. The van der Waals surface area contributed by atoms with E-state index in [0.29, 0.717) is 43.2 Å². The van der Waals surface area contributed by atoms with E-state index in [1.165, 1.54) is 23.5 Å². The van der Waals surface area contributed by atoms with Crippen LogP contribution >= 0.6 is 11.3 Å². The molecule has 0 saturated heterocycles. The summed E-state index contributed by atoms with van der Waals surface area (Å²) in [5, 5.41) is 7.06. The highest BCUT2D eigenvalue weighted by Gasteiger charge is 2.35. The number of halogens is 1. The lowest BCUT2D eigenvalue weighted by molar-refractivity contribution is 0.0929. The number of rotatable bonds is 3. The van der Waals surface area contributed by atoms with Crippen molar-refractivity contribution in [3.63, 3.8) is 0 Å². The summed E-state index contributed by atoms with van der Waals surface area (Å²) < 4.78 is 24.2. The van der Waals surface area contributed by atoms with Crippen molar-refractivity contribution in [2.75, 3.05) is 18.5 Å². The Kier molecular flexibility index (Phi) is 4.90.